The van der Waals surface area contributed by atoms with E-state index in [4.69, 9.17) is 11.5 Å². The Morgan fingerprint density at radius 3 is 1.58 bits per heavy atom. The van der Waals surface area contributed by atoms with Crippen molar-refractivity contribution >= 4 is 34.6 Å². The van der Waals surface area contributed by atoms with Crippen molar-refractivity contribution in [3.63, 3.8) is 0 Å². The highest BCUT2D eigenvalue weighted by atomic mass is 19.4. The summed E-state index contributed by atoms with van der Waals surface area (Å²) in [6.45, 7) is 1.21. The van der Waals surface area contributed by atoms with Gasteiger partial charge in [-0.1, -0.05) is 12.1 Å². The van der Waals surface area contributed by atoms with Crippen molar-refractivity contribution in [1.82, 2.24) is 0 Å². The van der Waals surface area contributed by atoms with Gasteiger partial charge in [0.2, 0.25) is 5.91 Å². The van der Waals surface area contributed by atoms with Crippen molar-refractivity contribution < 1.29 is 40.3 Å². The number of anilines is 4. The van der Waals surface area contributed by atoms with Crippen LogP contribution in [0.5, 0.6) is 0 Å². The van der Waals surface area contributed by atoms with Crippen molar-refractivity contribution in [1.29, 1.82) is 0 Å². The van der Waals surface area contributed by atoms with Crippen LogP contribution in [0.4, 0.5) is 53.5 Å². The zero-order valence-corrected chi connectivity index (χ0v) is 18.4. The lowest BCUT2D eigenvalue weighted by molar-refractivity contribution is -0.137. The Bertz CT molecular complexity index is 1260. The molecule has 192 valence electrons. The molecule has 0 unspecified atom stereocenters. The fraction of sp³-hybridized carbons (Fsp3) is 0.130. The maximum atomic E-state index is 13.4. The quantitative estimate of drug-likeness (QED) is 0.256. The van der Waals surface area contributed by atoms with Gasteiger partial charge in [0, 0.05) is 29.7 Å². The van der Waals surface area contributed by atoms with Gasteiger partial charge >= 0.3 is 12.4 Å². The highest BCUT2D eigenvalue weighted by Gasteiger charge is 2.34. The van der Waals surface area contributed by atoms with Crippen LogP contribution in [0, 0.1) is 5.82 Å². The number of carbonyl (C=O) groups is 2. The van der Waals surface area contributed by atoms with Crippen LogP contribution in [0.3, 0.4) is 0 Å². The van der Waals surface area contributed by atoms with Crippen molar-refractivity contribution in [2.75, 3.05) is 22.1 Å². The molecule has 0 heterocycles. The van der Waals surface area contributed by atoms with Gasteiger partial charge in [0.25, 0.3) is 5.91 Å². The van der Waals surface area contributed by atoms with E-state index in [0.717, 1.165) is 24.3 Å². The molecule has 6 nitrogen and oxygen atoms in total. The average molecular weight is 516 g/mol. The molecule has 0 spiro atoms. The first-order valence-electron chi connectivity index (χ1n) is 9.86. The summed E-state index contributed by atoms with van der Waals surface area (Å²) in [6, 6.07) is 11.3. The normalized spacial score (nSPS) is 11.2. The number of halogens is 7. The van der Waals surface area contributed by atoms with Crippen molar-refractivity contribution in [3.8, 4) is 0 Å². The van der Waals surface area contributed by atoms with E-state index < -0.39 is 46.8 Å². The number of alkyl halides is 6. The van der Waals surface area contributed by atoms with E-state index in [2.05, 4.69) is 10.6 Å². The first kappa shape index (κ1) is 28.0. The van der Waals surface area contributed by atoms with Gasteiger partial charge in [0.05, 0.1) is 16.7 Å². The van der Waals surface area contributed by atoms with Crippen molar-refractivity contribution in [2.24, 2.45) is 0 Å². The SMILES string of the molecule is CC(=O)Nc1ccc(N)c(C(F)(F)F)c1.Nc1ccc(NC(=O)c2ccccc2F)cc1C(F)(F)F. The second kappa shape index (κ2) is 11.0. The molecule has 13 heteroatoms. The van der Waals surface area contributed by atoms with Gasteiger partial charge in [-0.3, -0.25) is 9.59 Å². The van der Waals surface area contributed by atoms with E-state index in [-0.39, 0.29) is 22.6 Å². The minimum Gasteiger partial charge on any atom is -0.398 e. The highest BCUT2D eigenvalue weighted by Crippen LogP contribution is 2.36. The summed E-state index contributed by atoms with van der Waals surface area (Å²) in [7, 11) is 0. The molecule has 0 radical (unpaired) electrons. The maximum Gasteiger partial charge on any atom is 0.418 e. The molecule has 0 aliphatic heterocycles. The summed E-state index contributed by atoms with van der Waals surface area (Å²) < 4.78 is 88.6. The Labute approximate surface area is 200 Å². The van der Waals surface area contributed by atoms with Crippen LogP contribution in [0.2, 0.25) is 0 Å². The third-order valence-corrected chi connectivity index (χ3v) is 4.41. The number of amides is 2. The van der Waals surface area contributed by atoms with Crippen LogP contribution in [-0.4, -0.2) is 11.8 Å². The molecule has 3 aromatic carbocycles. The van der Waals surface area contributed by atoms with E-state index in [0.29, 0.717) is 6.07 Å². The van der Waals surface area contributed by atoms with Crippen LogP contribution in [-0.2, 0) is 17.1 Å². The van der Waals surface area contributed by atoms with Crippen molar-refractivity contribution in [2.45, 2.75) is 19.3 Å². The van der Waals surface area contributed by atoms with Crippen LogP contribution < -0.4 is 22.1 Å². The number of nitrogens with two attached hydrogens (primary N) is 2. The minimum atomic E-state index is -4.64. The largest absolute Gasteiger partial charge is 0.418 e. The Morgan fingerprint density at radius 2 is 1.17 bits per heavy atom. The van der Waals surface area contributed by atoms with Crippen molar-refractivity contribution in [3.05, 3.63) is 83.2 Å². The molecule has 3 aromatic rings. The summed E-state index contributed by atoms with van der Waals surface area (Å²) in [5.41, 5.74) is 7.29. The number of nitrogen functional groups attached to an aromatic ring is 2. The zero-order chi connectivity index (χ0) is 27.3. The minimum absolute atomic E-state index is 0.0732. The lowest BCUT2D eigenvalue weighted by Gasteiger charge is -2.12. The molecule has 0 saturated heterocycles. The van der Waals surface area contributed by atoms with Crippen LogP contribution in [0.1, 0.15) is 28.4 Å². The average Bonchev–Trinajstić information content (AvgIpc) is 2.75. The molecule has 0 aliphatic carbocycles. The van der Waals surface area contributed by atoms with E-state index in [1.807, 2.05) is 0 Å². The lowest BCUT2D eigenvalue weighted by atomic mass is 10.1. The molecule has 0 aliphatic rings. The molecule has 2 amide bonds. The molecule has 0 saturated carbocycles. The molecular weight excluding hydrogens is 497 g/mol. The summed E-state index contributed by atoms with van der Waals surface area (Å²) >= 11 is 0. The van der Waals surface area contributed by atoms with Gasteiger partial charge in [-0.25, -0.2) is 4.39 Å². The first-order valence-corrected chi connectivity index (χ1v) is 9.86. The second-order valence-electron chi connectivity index (χ2n) is 7.21. The highest BCUT2D eigenvalue weighted by molar-refractivity contribution is 6.04. The molecule has 0 fully saturated rings. The maximum absolute atomic E-state index is 13.4. The van der Waals surface area contributed by atoms with E-state index >= 15 is 0 Å². The molecule has 0 atom stereocenters. The van der Waals surface area contributed by atoms with Gasteiger partial charge in [0.1, 0.15) is 5.82 Å². The third kappa shape index (κ3) is 7.61. The topological polar surface area (TPSA) is 110 Å². The fourth-order valence-corrected chi connectivity index (χ4v) is 2.81. The number of rotatable bonds is 3. The summed E-state index contributed by atoms with van der Waals surface area (Å²) in [6.07, 6.45) is -9.15. The number of hydrogen-bond acceptors (Lipinski definition) is 4. The standard InChI is InChI=1S/C14H10F4N2O.C9H9F3N2O/c15-11-4-2-1-3-9(11)13(21)20-8-5-6-12(19)10(7-8)14(16,17)18;1-5(15)14-6-2-3-8(13)7(4-6)9(10,11)12/h1-7H,19H2,(H,20,21);2-4H,13H2,1H3,(H,14,15). The Kier molecular flexibility index (Phi) is 8.52. The van der Waals surface area contributed by atoms with Crippen LogP contribution in [0.15, 0.2) is 60.7 Å². The smallest absolute Gasteiger partial charge is 0.398 e. The van der Waals surface area contributed by atoms with Gasteiger partial charge in [-0.2, -0.15) is 26.3 Å². The number of nitrogens with one attached hydrogen (secondary N) is 2. The number of hydrogen-bond donors (Lipinski definition) is 4. The second-order valence-corrected chi connectivity index (χ2v) is 7.21. The van der Waals surface area contributed by atoms with E-state index in [1.165, 1.54) is 37.3 Å². The van der Waals surface area contributed by atoms with Gasteiger partial charge in [-0.05, 0) is 48.5 Å². The molecular formula is C23H19F7N4O2. The number of benzene rings is 3. The monoisotopic (exact) mass is 516 g/mol. The van der Waals surface area contributed by atoms with Gasteiger partial charge in [0.15, 0.2) is 0 Å². The van der Waals surface area contributed by atoms with Crippen LogP contribution >= 0.6 is 0 Å². The Balaban J connectivity index is 0.000000269. The first-order chi connectivity index (χ1) is 16.6. The summed E-state index contributed by atoms with van der Waals surface area (Å²) in [5, 5.41) is 4.45. The zero-order valence-electron chi connectivity index (χ0n) is 18.4. The molecule has 0 bridgehead atoms. The summed E-state index contributed by atoms with van der Waals surface area (Å²) in [4.78, 5) is 22.5. The third-order valence-electron chi connectivity index (χ3n) is 4.41. The molecule has 36 heavy (non-hydrogen) atoms. The molecule has 0 aromatic heterocycles. The van der Waals surface area contributed by atoms with Gasteiger partial charge < -0.3 is 22.1 Å². The number of carbonyl (C=O) groups excluding carboxylic acids is 2. The Morgan fingerprint density at radius 1 is 0.722 bits per heavy atom. The fourth-order valence-electron chi connectivity index (χ4n) is 2.81. The predicted molar refractivity (Wildman–Crippen MR) is 120 cm³/mol. The molecule has 6 N–H and O–H groups in total. The predicted octanol–water partition coefficient (Wildman–Crippen LogP) is 5.93. The lowest BCUT2D eigenvalue weighted by Crippen LogP contribution is -2.15. The van der Waals surface area contributed by atoms with Crippen LogP contribution in [0.25, 0.3) is 0 Å². The Hall–Kier alpha value is -4.29. The summed E-state index contributed by atoms with van der Waals surface area (Å²) in [5.74, 6) is -2.04. The van der Waals surface area contributed by atoms with E-state index in [9.17, 15) is 40.3 Å². The van der Waals surface area contributed by atoms with Gasteiger partial charge in [-0.15, -0.1) is 0 Å². The molecule has 3 rings (SSSR count). The van der Waals surface area contributed by atoms with E-state index in [1.54, 1.807) is 0 Å².